The molecule has 1 aliphatic heterocycles. The molecule has 2 heterocycles. The van der Waals surface area contributed by atoms with Crippen molar-refractivity contribution in [2.45, 2.75) is 37.8 Å². The van der Waals surface area contributed by atoms with Crippen molar-refractivity contribution >= 4 is 11.7 Å². The lowest BCUT2D eigenvalue weighted by atomic mass is 10.0. The van der Waals surface area contributed by atoms with Crippen LogP contribution < -0.4 is 5.73 Å². The number of hydrogen-bond acceptors (Lipinski definition) is 5. The summed E-state index contributed by atoms with van der Waals surface area (Å²) in [5, 5.41) is 10.3. The van der Waals surface area contributed by atoms with Gasteiger partial charge in [-0.05, 0) is 30.4 Å². The molecule has 4 rings (SSSR count). The molecular formula is C18H20N4O2. The molecule has 1 aromatic carbocycles. The van der Waals surface area contributed by atoms with Crippen molar-refractivity contribution in [3.63, 3.8) is 0 Å². The second kappa shape index (κ2) is 5.87. The Morgan fingerprint density at radius 3 is 2.79 bits per heavy atom. The zero-order valence-electron chi connectivity index (χ0n) is 13.4. The topological polar surface area (TPSA) is 92.3 Å². The van der Waals surface area contributed by atoms with E-state index < -0.39 is 6.10 Å². The molecule has 3 N–H and O–H groups in total. The van der Waals surface area contributed by atoms with Crippen molar-refractivity contribution < 1.29 is 9.90 Å². The van der Waals surface area contributed by atoms with Crippen LogP contribution in [-0.4, -0.2) is 32.4 Å². The van der Waals surface area contributed by atoms with Crippen molar-refractivity contribution in [1.82, 2.24) is 14.9 Å². The zero-order valence-corrected chi connectivity index (χ0v) is 13.4. The lowest BCUT2D eigenvalue weighted by Gasteiger charge is -2.21. The van der Waals surface area contributed by atoms with Gasteiger partial charge in [0.05, 0.1) is 6.10 Å². The molecule has 1 fully saturated rings. The second-order valence-corrected chi connectivity index (χ2v) is 6.53. The summed E-state index contributed by atoms with van der Waals surface area (Å²) in [5.41, 5.74) is 8.20. The number of fused-ring (bicyclic) bond motifs is 1. The standard InChI is InChI=1S/C18H20N4O2/c19-16-14(9-20-17(21-16)11-5-6-11)18(24)22-8-7-15(23)13-4-2-1-3-12(13)10-22/h1-4,9,11,15,23H,5-8,10H2,(H2,19,20,21). The van der Waals surface area contributed by atoms with Crippen LogP contribution in [-0.2, 0) is 6.54 Å². The normalized spacial score (nSPS) is 20.4. The fraction of sp³-hybridized carbons (Fsp3) is 0.389. The Labute approximate surface area is 140 Å². The SMILES string of the molecule is Nc1nc(C2CC2)ncc1C(=O)N1CCC(O)c2ccccc2C1. The van der Waals surface area contributed by atoms with Gasteiger partial charge in [-0.1, -0.05) is 24.3 Å². The highest BCUT2D eigenvalue weighted by molar-refractivity contribution is 5.98. The van der Waals surface area contributed by atoms with Crippen LogP contribution >= 0.6 is 0 Å². The number of aliphatic hydroxyl groups is 1. The van der Waals surface area contributed by atoms with Gasteiger partial charge in [-0.25, -0.2) is 9.97 Å². The predicted molar refractivity (Wildman–Crippen MR) is 89.2 cm³/mol. The van der Waals surface area contributed by atoms with Crippen molar-refractivity contribution in [1.29, 1.82) is 0 Å². The molecular weight excluding hydrogens is 304 g/mol. The van der Waals surface area contributed by atoms with E-state index in [1.165, 1.54) is 0 Å². The third kappa shape index (κ3) is 2.73. The van der Waals surface area contributed by atoms with E-state index in [-0.39, 0.29) is 11.7 Å². The van der Waals surface area contributed by atoms with Crippen molar-refractivity contribution in [2.75, 3.05) is 12.3 Å². The van der Waals surface area contributed by atoms with E-state index in [9.17, 15) is 9.90 Å². The molecule has 24 heavy (non-hydrogen) atoms. The monoisotopic (exact) mass is 324 g/mol. The van der Waals surface area contributed by atoms with Crippen LogP contribution in [0.1, 0.15) is 58.6 Å². The summed E-state index contributed by atoms with van der Waals surface area (Å²) >= 11 is 0. The molecule has 6 heteroatoms. The van der Waals surface area contributed by atoms with Crippen molar-refractivity contribution in [3.05, 3.63) is 53.0 Å². The minimum atomic E-state index is -0.551. The lowest BCUT2D eigenvalue weighted by molar-refractivity contribution is 0.0723. The van der Waals surface area contributed by atoms with E-state index in [2.05, 4.69) is 9.97 Å². The van der Waals surface area contributed by atoms with Crippen LogP contribution in [0.3, 0.4) is 0 Å². The average molecular weight is 324 g/mol. The van der Waals surface area contributed by atoms with E-state index in [4.69, 9.17) is 5.73 Å². The Balaban J connectivity index is 1.60. The summed E-state index contributed by atoms with van der Waals surface area (Å²) < 4.78 is 0. The average Bonchev–Trinajstić information content (AvgIpc) is 3.43. The van der Waals surface area contributed by atoms with E-state index in [1.807, 2.05) is 24.3 Å². The summed E-state index contributed by atoms with van der Waals surface area (Å²) in [6.45, 7) is 0.925. The number of nitrogens with zero attached hydrogens (tertiary/aromatic N) is 3. The molecule has 2 aliphatic rings. The molecule has 1 aliphatic carbocycles. The Morgan fingerprint density at radius 2 is 2.04 bits per heavy atom. The predicted octanol–water partition coefficient (Wildman–Crippen LogP) is 2.02. The molecule has 1 aromatic heterocycles. The van der Waals surface area contributed by atoms with Gasteiger partial charge in [-0.15, -0.1) is 0 Å². The van der Waals surface area contributed by atoms with Gasteiger partial charge in [0, 0.05) is 25.2 Å². The maximum atomic E-state index is 12.9. The quantitative estimate of drug-likeness (QED) is 0.881. The van der Waals surface area contributed by atoms with Crippen molar-refractivity contribution in [3.8, 4) is 0 Å². The van der Waals surface area contributed by atoms with Gasteiger partial charge in [-0.3, -0.25) is 4.79 Å². The lowest BCUT2D eigenvalue weighted by Crippen LogP contribution is -2.31. The van der Waals surface area contributed by atoms with E-state index >= 15 is 0 Å². The molecule has 6 nitrogen and oxygen atoms in total. The number of aliphatic hydroxyl groups excluding tert-OH is 1. The molecule has 2 aromatic rings. The van der Waals surface area contributed by atoms with Crippen LogP contribution in [0.25, 0.3) is 0 Å². The highest BCUT2D eigenvalue weighted by atomic mass is 16.3. The molecule has 1 unspecified atom stereocenters. The van der Waals surface area contributed by atoms with Gasteiger partial charge < -0.3 is 15.7 Å². The maximum absolute atomic E-state index is 12.9. The van der Waals surface area contributed by atoms with E-state index in [0.717, 1.165) is 29.8 Å². The third-order valence-corrected chi connectivity index (χ3v) is 4.74. The third-order valence-electron chi connectivity index (χ3n) is 4.74. The number of anilines is 1. The first-order chi connectivity index (χ1) is 11.6. The first-order valence-electron chi connectivity index (χ1n) is 8.31. The van der Waals surface area contributed by atoms with E-state index in [0.29, 0.717) is 31.0 Å². The minimum absolute atomic E-state index is 0.182. The number of carbonyl (C=O) groups is 1. The summed E-state index contributed by atoms with van der Waals surface area (Å²) in [6.07, 6.45) is 3.68. The van der Waals surface area contributed by atoms with Crippen molar-refractivity contribution in [2.24, 2.45) is 0 Å². The van der Waals surface area contributed by atoms with Crippen LogP contribution in [0.4, 0.5) is 5.82 Å². The van der Waals surface area contributed by atoms with Gasteiger partial charge in [0.1, 0.15) is 17.2 Å². The summed E-state index contributed by atoms with van der Waals surface area (Å²) in [7, 11) is 0. The van der Waals surface area contributed by atoms with Crippen LogP contribution in [0.5, 0.6) is 0 Å². The minimum Gasteiger partial charge on any atom is -0.388 e. The molecule has 1 saturated carbocycles. The number of aromatic nitrogens is 2. The molecule has 0 radical (unpaired) electrons. The summed E-state index contributed by atoms with van der Waals surface area (Å²) in [4.78, 5) is 23.2. The Morgan fingerprint density at radius 1 is 1.25 bits per heavy atom. The number of hydrogen-bond donors (Lipinski definition) is 2. The molecule has 0 saturated heterocycles. The number of carbonyl (C=O) groups excluding carboxylic acids is 1. The Kier molecular flexibility index (Phi) is 3.69. The Bertz CT molecular complexity index is 788. The zero-order chi connectivity index (χ0) is 16.7. The maximum Gasteiger partial charge on any atom is 0.259 e. The van der Waals surface area contributed by atoms with Crippen LogP contribution in [0.2, 0.25) is 0 Å². The van der Waals surface area contributed by atoms with Gasteiger partial charge >= 0.3 is 0 Å². The fourth-order valence-electron chi connectivity index (χ4n) is 3.18. The van der Waals surface area contributed by atoms with Gasteiger partial charge in [0.25, 0.3) is 5.91 Å². The largest absolute Gasteiger partial charge is 0.388 e. The first kappa shape index (κ1) is 15.1. The molecule has 1 atom stereocenters. The summed E-state index contributed by atoms with van der Waals surface area (Å²) in [5.74, 6) is 1.20. The second-order valence-electron chi connectivity index (χ2n) is 6.53. The number of nitrogens with two attached hydrogens (primary N) is 1. The first-order valence-corrected chi connectivity index (χ1v) is 8.31. The number of amides is 1. The van der Waals surface area contributed by atoms with Gasteiger partial charge in [0.2, 0.25) is 0 Å². The van der Waals surface area contributed by atoms with Crippen LogP contribution in [0.15, 0.2) is 30.5 Å². The van der Waals surface area contributed by atoms with Gasteiger partial charge in [-0.2, -0.15) is 0 Å². The molecule has 0 spiro atoms. The number of rotatable bonds is 2. The number of nitrogen functional groups attached to an aromatic ring is 1. The fourth-order valence-corrected chi connectivity index (χ4v) is 3.18. The highest BCUT2D eigenvalue weighted by Gasteiger charge is 2.29. The molecule has 1 amide bonds. The van der Waals surface area contributed by atoms with E-state index in [1.54, 1.807) is 11.1 Å². The van der Waals surface area contributed by atoms with Gasteiger partial charge in [0.15, 0.2) is 0 Å². The summed E-state index contributed by atoms with van der Waals surface area (Å²) in [6, 6.07) is 7.68. The van der Waals surface area contributed by atoms with Crippen LogP contribution in [0, 0.1) is 0 Å². The smallest absolute Gasteiger partial charge is 0.259 e. The molecule has 124 valence electrons. The number of benzene rings is 1. The Hall–Kier alpha value is -2.47. The highest BCUT2D eigenvalue weighted by Crippen LogP contribution is 2.38. The molecule has 0 bridgehead atoms.